The lowest BCUT2D eigenvalue weighted by atomic mass is 9.96. The summed E-state index contributed by atoms with van der Waals surface area (Å²) in [5.74, 6) is 3.73. The van der Waals surface area contributed by atoms with Crippen LogP contribution in [0.4, 0.5) is 5.82 Å². The summed E-state index contributed by atoms with van der Waals surface area (Å²) >= 11 is 0. The van der Waals surface area contributed by atoms with E-state index in [4.69, 9.17) is 16.9 Å². The van der Waals surface area contributed by atoms with E-state index in [0.717, 1.165) is 58.5 Å². The van der Waals surface area contributed by atoms with Crippen molar-refractivity contribution in [2.24, 2.45) is 0 Å². The second-order valence-corrected chi connectivity index (χ2v) is 8.41. The SMILES string of the molecule is C#Cc1cc2c(cn1)-c1c(-c3ccc(Oc4nccc(C)n4)cc3)c3c(N)ncnc3n1CCC2. The largest absolute Gasteiger partial charge is 0.424 e. The molecule has 1 aliphatic rings. The quantitative estimate of drug-likeness (QED) is 0.394. The monoisotopic (exact) mass is 459 g/mol. The molecule has 0 unspecified atom stereocenters. The van der Waals surface area contributed by atoms with Crippen LogP contribution in [0.25, 0.3) is 33.4 Å². The van der Waals surface area contributed by atoms with Crippen LogP contribution in [0.15, 0.2) is 55.1 Å². The van der Waals surface area contributed by atoms with E-state index in [1.807, 2.05) is 49.5 Å². The number of aromatic nitrogens is 6. The van der Waals surface area contributed by atoms with Crippen molar-refractivity contribution in [3.8, 4) is 46.5 Å². The van der Waals surface area contributed by atoms with Crippen LogP contribution in [0.2, 0.25) is 0 Å². The average molecular weight is 460 g/mol. The van der Waals surface area contributed by atoms with Crippen molar-refractivity contribution in [2.75, 3.05) is 5.73 Å². The van der Waals surface area contributed by atoms with E-state index in [1.54, 1.807) is 6.20 Å². The number of benzene rings is 1. The highest BCUT2D eigenvalue weighted by Crippen LogP contribution is 2.44. The lowest BCUT2D eigenvalue weighted by Gasteiger charge is -2.12. The summed E-state index contributed by atoms with van der Waals surface area (Å²) in [4.78, 5) is 21.9. The summed E-state index contributed by atoms with van der Waals surface area (Å²) in [6.07, 6.45) is 12.5. The van der Waals surface area contributed by atoms with Crippen LogP contribution in [-0.4, -0.2) is 29.5 Å². The number of nitrogens with zero attached hydrogens (tertiary/aromatic N) is 6. The number of ether oxygens (including phenoxy) is 1. The molecule has 2 N–H and O–H groups in total. The summed E-state index contributed by atoms with van der Waals surface area (Å²) in [5.41, 5.74) is 13.8. The summed E-state index contributed by atoms with van der Waals surface area (Å²) in [5, 5.41) is 0.826. The van der Waals surface area contributed by atoms with Crippen LogP contribution < -0.4 is 10.5 Å². The predicted molar refractivity (Wildman–Crippen MR) is 134 cm³/mol. The van der Waals surface area contributed by atoms with E-state index >= 15 is 0 Å². The first kappa shape index (κ1) is 20.8. The molecule has 0 amide bonds. The van der Waals surface area contributed by atoms with E-state index in [-0.39, 0.29) is 0 Å². The molecule has 0 bridgehead atoms. The van der Waals surface area contributed by atoms with Gasteiger partial charge in [0.1, 0.15) is 29.2 Å². The molecule has 0 saturated heterocycles. The van der Waals surface area contributed by atoms with Gasteiger partial charge >= 0.3 is 6.01 Å². The van der Waals surface area contributed by atoms with Gasteiger partial charge in [-0.3, -0.25) is 0 Å². The van der Waals surface area contributed by atoms with Gasteiger partial charge in [-0.15, -0.1) is 6.42 Å². The highest BCUT2D eigenvalue weighted by Gasteiger charge is 2.26. The number of fused-ring (bicyclic) bond motifs is 5. The van der Waals surface area contributed by atoms with Gasteiger partial charge in [0, 0.05) is 35.8 Å². The Hall–Kier alpha value is -4.77. The smallest absolute Gasteiger partial charge is 0.322 e. The van der Waals surface area contributed by atoms with E-state index in [0.29, 0.717) is 23.3 Å². The molecule has 0 spiro atoms. The molecule has 5 heterocycles. The summed E-state index contributed by atoms with van der Waals surface area (Å²) in [6.45, 7) is 2.70. The highest BCUT2D eigenvalue weighted by molar-refractivity contribution is 6.08. The first-order valence-corrected chi connectivity index (χ1v) is 11.3. The molecular formula is C27H21N7O. The number of aryl methyl sites for hydroxylation is 3. The summed E-state index contributed by atoms with van der Waals surface area (Å²) in [6, 6.07) is 11.9. The first-order valence-electron chi connectivity index (χ1n) is 11.3. The van der Waals surface area contributed by atoms with Gasteiger partial charge < -0.3 is 15.0 Å². The van der Waals surface area contributed by atoms with Crippen LogP contribution in [0, 0.1) is 19.3 Å². The van der Waals surface area contributed by atoms with E-state index in [2.05, 4.69) is 35.4 Å². The third kappa shape index (κ3) is 3.54. The predicted octanol–water partition coefficient (Wildman–Crippen LogP) is 4.56. The van der Waals surface area contributed by atoms with Gasteiger partial charge in [-0.05, 0) is 55.2 Å². The van der Waals surface area contributed by atoms with Crippen molar-refractivity contribution < 1.29 is 4.74 Å². The topological polar surface area (TPSA) is 105 Å². The number of pyridine rings is 1. The number of nitrogen functional groups attached to an aromatic ring is 1. The molecule has 0 atom stereocenters. The zero-order valence-corrected chi connectivity index (χ0v) is 19.1. The Balaban J connectivity index is 1.53. The molecule has 8 heteroatoms. The van der Waals surface area contributed by atoms with Crippen molar-refractivity contribution in [3.05, 3.63) is 72.1 Å². The van der Waals surface area contributed by atoms with Crippen LogP contribution in [0.5, 0.6) is 11.8 Å². The van der Waals surface area contributed by atoms with Crippen molar-refractivity contribution in [1.29, 1.82) is 0 Å². The minimum absolute atomic E-state index is 0.308. The number of anilines is 1. The number of hydrogen-bond donors (Lipinski definition) is 1. The Morgan fingerprint density at radius 1 is 1.09 bits per heavy atom. The fraction of sp³-hybridized carbons (Fsp3) is 0.148. The van der Waals surface area contributed by atoms with Crippen LogP contribution in [0.1, 0.15) is 23.4 Å². The summed E-state index contributed by atoms with van der Waals surface area (Å²) < 4.78 is 8.07. The average Bonchev–Trinajstić information content (AvgIpc) is 3.08. The van der Waals surface area contributed by atoms with Crippen molar-refractivity contribution >= 4 is 16.9 Å². The lowest BCUT2D eigenvalue weighted by Crippen LogP contribution is -2.00. The van der Waals surface area contributed by atoms with E-state index < -0.39 is 0 Å². The van der Waals surface area contributed by atoms with E-state index in [9.17, 15) is 0 Å². The van der Waals surface area contributed by atoms with E-state index in [1.165, 1.54) is 11.9 Å². The maximum absolute atomic E-state index is 6.41. The van der Waals surface area contributed by atoms with Crippen LogP contribution in [0.3, 0.4) is 0 Å². The number of hydrogen-bond acceptors (Lipinski definition) is 7. The minimum atomic E-state index is 0.308. The Bertz CT molecular complexity index is 1630. The van der Waals surface area contributed by atoms with Gasteiger partial charge in [-0.25, -0.2) is 24.9 Å². The number of rotatable bonds is 3. The molecule has 1 aromatic carbocycles. The van der Waals surface area contributed by atoms with Gasteiger partial charge in [0.2, 0.25) is 0 Å². The summed E-state index contributed by atoms with van der Waals surface area (Å²) in [7, 11) is 0. The molecule has 0 saturated carbocycles. The van der Waals surface area contributed by atoms with Gasteiger partial charge in [-0.1, -0.05) is 18.1 Å². The fourth-order valence-electron chi connectivity index (χ4n) is 4.67. The number of nitrogens with two attached hydrogens (primary N) is 1. The third-order valence-corrected chi connectivity index (χ3v) is 6.21. The Morgan fingerprint density at radius 2 is 1.94 bits per heavy atom. The zero-order valence-electron chi connectivity index (χ0n) is 19.1. The van der Waals surface area contributed by atoms with Crippen molar-refractivity contribution in [2.45, 2.75) is 26.3 Å². The standard InChI is InChI=1S/C27H21N7O/c1-3-19-13-18-5-4-12-34-24(21(18)14-30-19)22(23-25(28)31-15-32-26(23)34)17-6-8-20(9-7-17)35-27-29-11-10-16(2)33-27/h1,6-11,13-15H,4-5,12H2,2H3,(H2,28,31,32). The number of terminal acetylenes is 1. The highest BCUT2D eigenvalue weighted by atomic mass is 16.5. The molecule has 35 heavy (non-hydrogen) atoms. The molecule has 6 rings (SSSR count). The Labute approximate surface area is 201 Å². The molecule has 8 nitrogen and oxygen atoms in total. The molecule has 5 aromatic rings. The van der Waals surface area contributed by atoms with Crippen molar-refractivity contribution in [3.63, 3.8) is 0 Å². The zero-order chi connectivity index (χ0) is 23.9. The molecule has 4 aromatic heterocycles. The molecule has 1 aliphatic heterocycles. The van der Waals surface area contributed by atoms with Crippen LogP contribution in [-0.2, 0) is 13.0 Å². The maximum atomic E-state index is 6.41. The second kappa shape index (κ2) is 8.22. The van der Waals surface area contributed by atoms with Crippen LogP contribution >= 0.6 is 0 Å². The van der Waals surface area contributed by atoms with Gasteiger partial charge in [-0.2, -0.15) is 0 Å². The first-order chi connectivity index (χ1) is 17.1. The van der Waals surface area contributed by atoms with Gasteiger partial charge in [0.25, 0.3) is 0 Å². The maximum Gasteiger partial charge on any atom is 0.322 e. The second-order valence-electron chi connectivity index (χ2n) is 8.41. The minimum Gasteiger partial charge on any atom is -0.424 e. The molecule has 0 aliphatic carbocycles. The van der Waals surface area contributed by atoms with Crippen molar-refractivity contribution in [1.82, 2.24) is 29.5 Å². The Kier molecular flexibility index (Phi) is 4.89. The lowest BCUT2D eigenvalue weighted by molar-refractivity contribution is 0.440. The normalized spacial score (nSPS) is 12.5. The Morgan fingerprint density at radius 3 is 2.74 bits per heavy atom. The van der Waals surface area contributed by atoms with Gasteiger partial charge in [0.05, 0.1) is 11.1 Å². The molecule has 0 radical (unpaired) electrons. The fourth-order valence-corrected chi connectivity index (χ4v) is 4.67. The molecule has 0 fully saturated rings. The molecular weight excluding hydrogens is 438 g/mol. The van der Waals surface area contributed by atoms with Gasteiger partial charge in [0.15, 0.2) is 0 Å². The molecule has 170 valence electrons. The third-order valence-electron chi connectivity index (χ3n) is 6.21.